The van der Waals surface area contributed by atoms with Crippen LogP contribution in [0.15, 0.2) is 24.3 Å². The lowest BCUT2D eigenvalue weighted by Crippen LogP contribution is -2.14. The van der Waals surface area contributed by atoms with Crippen LogP contribution in [0, 0.1) is 0 Å². The molecule has 1 aromatic carbocycles. The van der Waals surface area contributed by atoms with Crippen LogP contribution in [0.1, 0.15) is 30.1 Å². The maximum atomic E-state index is 11.8. The number of ether oxygens (including phenoxy) is 2. The molecule has 0 saturated heterocycles. The van der Waals surface area contributed by atoms with Gasteiger partial charge in [0.25, 0.3) is 0 Å². The van der Waals surface area contributed by atoms with E-state index in [-0.39, 0.29) is 24.3 Å². The fourth-order valence-corrected chi connectivity index (χ4v) is 1.37. The van der Waals surface area contributed by atoms with Gasteiger partial charge in [0.2, 0.25) is 5.91 Å². The standard InChI is InChI=1S/C13H15NO5/c1-9(15)19-11-6-3-2-5-10(11)13(17)18-8-4-7-12(14)16/h2-3,5-6H,4,7-8H2,1H3,(H2,14,16). The molecule has 1 rings (SSSR count). The van der Waals surface area contributed by atoms with E-state index in [2.05, 4.69) is 0 Å². The number of para-hydroxylation sites is 1. The summed E-state index contributed by atoms with van der Waals surface area (Å²) in [6.07, 6.45) is 0.510. The van der Waals surface area contributed by atoms with Crippen LogP contribution in [0.2, 0.25) is 0 Å². The number of rotatable bonds is 6. The number of nitrogens with two attached hydrogens (primary N) is 1. The molecule has 102 valence electrons. The minimum Gasteiger partial charge on any atom is -0.462 e. The first-order valence-electron chi connectivity index (χ1n) is 5.73. The number of benzene rings is 1. The van der Waals surface area contributed by atoms with Crippen molar-refractivity contribution in [2.45, 2.75) is 19.8 Å². The highest BCUT2D eigenvalue weighted by Gasteiger charge is 2.14. The quantitative estimate of drug-likeness (QED) is 0.471. The largest absolute Gasteiger partial charge is 0.462 e. The first kappa shape index (κ1) is 14.7. The number of esters is 2. The Labute approximate surface area is 110 Å². The summed E-state index contributed by atoms with van der Waals surface area (Å²) in [5.74, 6) is -1.43. The second kappa shape index (κ2) is 7.15. The van der Waals surface area contributed by atoms with Crippen LogP contribution in [-0.2, 0) is 14.3 Å². The first-order chi connectivity index (χ1) is 9.00. The fraction of sp³-hybridized carbons (Fsp3) is 0.308. The van der Waals surface area contributed by atoms with Gasteiger partial charge in [-0.15, -0.1) is 0 Å². The molecule has 0 aliphatic carbocycles. The zero-order chi connectivity index (χ0) is 14.3. The Balaban J connectivity index is 2.61. The second-order valence-electron chi connectivity index (χ2n) is 3.80. The molecular weight excluding hydrogens is 250 g/mol. The number of primary amides is 1. The molecule has 0 saturated carbocycles. The Bertz CT molecular complexity index is 484. The van der Waals surface area contributed by atoms with Gasteiger partial charge in [-0.05, 0) is 18.6 Å². The number of carbonyl (C=O) groups is 3. The Hall–Kier alpha value is -2.37. The average Bonchev–Trinajstić information content (AvgIpc) is 2.34. The van der Waals surface area contributed by atoms with Crippen molar-refractivity contribution in [3.63, 3.8) is 0 Å². The number of amides is 1. The highest BCUT2D eigenvalue weighted by atomic mass is 16.5. The van der Waals surface area contributed by atoms with Crippen LogP contribution < -0.4 is 10.5 Å². The topological polar surface area (TPSA) is 95.7 Å². The normalized spacial score (nSPS) is 9.74. The van der Waals surface area contributed by atoms with Crippen molar-refractivity contribution < 1.29 is 23.9 Å². The summed E-state index contributed by atoms with van der Waals surface area (Å²) in [6, 6.07) is 6.27. The molecule has 1 aromatic rings. The van der Waals surface area contributed by atoms with Gasteiger partial charge in [-0.2, -0.15) is 0 Å². The summed E-state index contributed by atoms with van der Waals surface area (Å²) in [6.45, 7) is 1.32. The van der Waals surface area contributed by atoms with Gasteiger partial charge in [-0.3, -0.25) is 9.59 Å². The van der Waals surface area contributed by atoms with Crippen molar-refractivity contribution in [2.75, 3.05) is 6.61 Å². The van der Waals surface area contributed by atoms with Crippen LogP contribution in [0.4, 0.5) is 0 Å². The molecule has 0 atom stereocenters. The molecule has 0 unspecified atom stereocenters. The maximum Gasteiger partial charge on any atom is 0.341 e. The van der Waals surface area contributed by atoms with E-state index in [1.165, 1.54) is 19.1 Å². The van der Waals surface area contributed by atoms with E-state index >= 15 is 0 Å². The summed E-state index contributed by atoms with van der Waals surface area (Å²) >= 11 is 0. The summed E-state index contributed by atoms with van der Waals surface area (Å²) < 4.78 is 9.86. The summed E-state index contributed by atoms with van der Waals surface area (Å²) in [5.41, 5.74) is 5.13. The van der Waals surface area contributed by atoms with Crippen LogP contribution in [0.5, 0.6) is 5.75 Å². The minimum atomic E-state index is -0.610. The molecule has 0 radical (unpaired) electrons. The van der Waals surface area contributed by atoms with Crippen molar-refractivity contribution in [1.29, 1.82) is 0 Å². The molecule has 0 fully saturated rings. The van der Waals surface area contributed by atoms with Crippen LogP contribution in [0.25, 0.3) is 0 Å². The first-order valence-corrected chi connectivity index (χ1v) is 5.73. The molecule has 6 nitrogen and oxygen atoms in total. The van der Waals surface area contributed by atoms with Gasteiger partial charge in [0.15, 0.2) is 0 Å². The maximum absolute atomic E-state index is 11.8. The van der Waals surface area contributed by atoms with Crippen LogP contribution in [-0.4, -0.2) is 24.5 Å². The summed E-state index contributed by atoms with van der Waals surface area (Å²) in [5, 5.41) is 0. The molecule has 0 spiro atoms. The van der Waals surface area contributed by atoms with Crippen LogP contribution in [0.3, 0.4) is 0 Å². The van der Waals surface area contributed by atoms with Gasteiger partial charge in [0.05, 0.1) is 6.61 Å². The lowest BCUT2D eigenvalue weighted by atomic mass is 10.2. The number of hydrogen-bond acceptors (Lipinski definition) is 5. The summed E-state index contributed by atoms with van der Waals surface area (Å²) in [4.78, 5) is 33.2. The van der Waals surface area contributed by atoms with Gasteiger partial charge in [-0.25, -0.2) is 4.79 Å². The van der Waals surface area contributed by atoms with Crippen molar-refractivity contribution in [3.05, 3.63) is 29.8 Å². The van der Waals surface area contributed by atoms with E-state index in [1.807, 2.05) is 0 Å². The molecule has 0 aliphatic heterocycles. The van der Waals surface area contributed by atoms with Crippen molar-refractivity contribution in [3.8, 4) is 5.75 Å². The SMILES string of the molecule is CC(=O)Oc1ccccc1C(=O)OCCCC(N)=O. The molecule has 0 aromatic heterocycles. The molecule has 6 heteroatoms. The molecule has 19 heavy (non-hydrogen) atoms. The molecule has 0 aliphatic rings. The molecule has 1 amide bonds. The third-order valence-electron chi connectivity index (χ3n) is 2.16. The fourth-order valence-electron chi connectivity index (χ4n) is 1.37. The molecule has 0 bridgehead atoms. The Morgan fingerprint density at radius 2 is 1.89 bits per heavy atom. The van der Waals surface area contributed by atoms with Crippen LogP contribution >= 0.6 is 0 Å². The molecular formula is C13H15NO5. The van der Waals surface area contributed by atoms with E-state index in [0.717, 1.165) is 0 Å². The van der Waals surface area contributed by atoms with Gasteiger partial charge in [0.1, 0.15) is 11.3 Å². The lowest BCUT2D eigenvalue weighted by Gasteiger charge is -2.08. The van der Waals surface area contributed by atoms with Gasteiger partial charge >= 0.3 is 11.9 Å². The zero-order valence-electron chi connectivity index (χ0n) is 10.5. The monoisotopic (exact) mass is 265 g/mol. The Morgan fingerprint density at radius 1 is 1.21 bits per heavy atom. The van der Waals surface area contributed by atoms with E-state index in [9.17, 15) is 14.4 Å². The summed E-state index contributed by atoms with van der Waals surface area (Å²) in [7, 11) is 0. The Morgan fingerprint density at radius 3 is 2.53 bits per heavy atom. The lowest BCUT2D eigenvalue weighted by molar-refractivity contribution is -0.131. The zero-order valence-corrected chi connectivity index (χ0v) is 10.5. The van der Waals surface area contributed by atoms with E-state index in [1.54, 1.807) is 12.1 Å². The predicted octanol–water partition coefficient (Wildman–Crippen LogP) is 1.03. The third kappa shape index (κ3) is 5.20. The van der Waals surface area contributed by atoms with E-state index < -0.39 is 17.8 Å². The van der Waals surface area contributed by atoms with Gasteiger partial charge in [0, 0.05) is 13.3 Å². The number of hydrogen-bond donors (Lipinski definition) is 1. The molecule has 0 heterocycles. The third-order valence-corrected chi connectivity index (χ3v) is 2.16. The average molecular weight is 265 g/mol. The van der Waals surface area contributed by atoms with E-state index in [0.29, 0.717) is 6.42 Å². The molecule has 2 N–H and O–H groups in total. The second-order valence-corrected chi connectivity index (χ2v) is 3.80. The number of carbonyl (C=O) groups excluding carboxylic acids is 3. The minimum absolute atomic E-state index is 0.0795. The van der Waals surface area contributed by atoms with Crippen molar-refractivity contribution in [1.82, 2.24) is 0 Å². The van der Waals surface area contributed by atoms with E-state index in [4.69, 9.17) is 15.2 Å². The highest BCUT2D eigenvalue weighted by molar-refractivity contribution is 5.93. The van der Waals surface area contributed by atoms with Gasteiger partial charge in [-0.1, -0.05) is 12.1 Å². The Kier molecular flexibility index (Phi) is 5.53. The van der Waals surface area contributed by atoms with Crippen molar-refractivity contribution >= 4 is 17.8 Å². The predicted molar refractivity (Wildman–Crippen MR) is 66.5 cm³/mol. The van der Waals surface area contributed by atoms with Crippen molar-refractivity contribution in [2.24, 2.45) is 5.73 Å². The van der Waals surface area contributed by atoms with Gasteiger partial charge < -0.3 is 15.2 Å². The highest BCUT2D eigenvalue weighted by Crippen LogP contribution is 2.19. The smallest absolute Gasteiger partial charge is 0.341 e.